The van der Waals surface area contributed by atoms with Gasteiger partial charge in [-0.25, -0.2) is 9.97 Å². The third-order valence-electron chi connectivity index (χ3n) is 3.79. The largest absolute Gasteiger partial charge is 0.493 e. The van der Waals surface area contributed by atoms with Crippen LogP contribution in [0.5, 0.6) is 11.5 Å². The molecule has 2 N–H and O–H groups in total. The number of amides is 1. The molecule has 7 heteroatoms. The van der Waals surface area contributed by atoms with Crippen LogP contribution in [0.4, 0.5) is 5.82 Å². The Morgan fingerprint density at radius 1 is 1.16 bits per heavy atom. The number of carbonyl (C=O) groups is 1. The van der Waals surface area contributed by atoms with E-state index in [0.29, 0.717) is 29.9 Å². The molecule has 7 nitrogen and oxygen atoms in total. The molecule has 1 heterocycles. The maximum Gasteiger partial charge on any atom is 0.271 e. The van der Waals surface area contributed by atoms with E-state index in [0.717, 1.165) is 12.0 Å². The molecule has 1 unspecified atom stereocenters. The summed E-state index contributed by atoms with van der Waals surface area (Å²) >= 11 is 0. The van der Waals surface area contributed by atoms with E-state index in [1.807, 2.05) is 12.1 Å². The van der Waals surface area contributed by atoms with Gasteiger partial charge in [0.25, 0.3) is 5.91 Å². The highest BCUT2D eigenvalue weighted by molar-refractivity contribution is 5.91. The van der Waals surface area contributed by atoms with Crippen molar-refractivity contribution in [1.82, 2.24) is 15.3 Å². The molecular weight excluding hydrogens is 320 g/mol. The average Bonchev–Trinajstić information content (AvgIpc) is 2.66. The van der Waals surface area contributed by atoms with Crippen LogP contribution < -0.4 is 20.1 Å². The van der Waals surface area contributed by atoms with Gasteiger partial charge in [0.05, 0.1) is 26.6 Å². The van der Waals surface area contributed by atoms with Crippen LogP contribution in [-0.2, 0) is 6.54 Å². The van der Waals surface area contributed by atoms with E-state index in [4.69, 9.17) is 9.47 Å². The van der Waals surface area contributed by atoms with E-state index >= 15 is 0 Å². The molecule has 0 aliphatic rings. The van der Waals surface area contributed by atoms with Crippen molar-refractivity contribution < 1.29 is 14.3 Å². The highest BCUT2D eigenvalue weighted by Gasteiger charge is 2.10. The molecule has 0 saturated carbocycles. The number of benzene rings is 1. The molecule has 0 fully saturated rings. The van der Waals surface area contributed by atoms with Gasteiger partial charge in [0.2, 0.25) is 0 Å². The smallest absolute Gasteiger partial charge is 0.271 e. The molecule has 2 rings (SSSR count). The second-order valence-electron chi connectivity index (χ2n) is 5.61. The lowest BCUT2D eigenvalue weighted by Crippen LogP contribution is -2.24. The number of nitrogens with zero attached hydrogens (tertiary/aromatic N) is 2. The number of anilines is 1. The van der Waals surface area contributed by atoms with Gasteiger partial charge in [-0.1, -0.05) is 13.0 Å². The van der Waals surface area contributed by atoms with Gasteiger partial charge in [-0.2, -0.15) is 0 Å². The summed E-state index contributed by atoms with van der Waals surface area (Å²) in [4.78, 5) is 20.6. The SMILES string of the molecule is CCC(C)Nc1cnc(C(=O)NCc2ccc(OC)c(OC)c2)cn1. The topological polar surface area (TPSA) is 85.4 Å². The molecule has 134 valence electrons. The highest BCUT2D eigenvalue weighted by atomic mass is 16.5. The van der Waals surface area contributed by atoms with Crippen LogP contribution in [0, 0.1) is 0 Å². The number of rotatable bonds is 8. The van der Waals surface area contributed by atoms with Crippen molar-refractivity contribution in [3.8, 4) is 11.5 Å². The van der Waals surface area contributed by atoms with Crippen LogP contribution in [0.2, 0.25) is 0 Å². The number of ether oxygens (including phenoxy) is 2. The Kier molecular flexibility index (Phi) is 6.56. The van der Waals surface area contributed by atoms with Gasteiger partial charge < -0.3 is 20.1 Å². The minimum Gasteiger partial charge on any atom is -0.493 e. The third-order valence-corrected chi connectivity index (χ3v) is 3.79. The van der Waals surface area contributed by atoms with E-state index in [2.05, 4.69) is 34.4 Å². The zero-order valence-electron chi connectivity index (χ0n) is 15.0. The molecule has 0 radical (unpaired) electrons. The van der Waals surface area contributed by atoms with Gasteiger partial charge >= 0.3 is 0 Å². The van der Waals surface area contributed by atoms with Crippen LogP contribution in [0.25, 0.3) is 0 Å². The Hall–Kier alpha value is -2.83. The summed E-state index contributed by atoms with van der Waals surface area (Å²) in [5.41, 5.74) is 1.17. The Labute approximate surface area is 147 Å². The zero-order valence-corrected chi connectivity index (χ0v) is 15.0. The Balaban J connectivity index is 1.96. The van der Waals surface area contributed by atoms with Crippen LogP contribution in [0.1, 0.15) is 36.3 Å². The predicted octanol–water partition coefficient (Wildman–Crippen LogP) is 2.63. The predicted molar refractivity (Wildman–Crippen MR) is 96.1 cm³/mol. The number of hydrogen-bond acceptors (Lipinski definition) is 6. The molecule has 0 aliphatic carbocycles. The number of methoxy groups -OCH3 is 2. The molecule has 1 aromatic carbocycles. The van der Waals surface area contributed by atoms with Gasteiger partial charge in [0.15, 0.2) is 11.5 Å². The molecule has 0 bridgehead atoms. The first-order valence-corrected chi connectivity index (χ1v) is 8.15. The van der Waals surface area contributed by atoms with E-state index in [1.54, 1.807) is 26.5 Å². The molecule has 2 aromatic rings. The fraction of sp³-hybridized carbons (Fsp3) is 0.389. The summed E-state index contributed by atoms with van der Waals surface area (Å²) in [6.07, 6.45) is 4.02. The van der Waals surface area contributed by atoms with Gasteiger partial charge in [-0.05, 0) is 31.0 Å². The molecule has 25 heavy (non-hydrogen) atoms. The van der Waals surface area contributed by atoms with Gasteiger partial charge in [0, 0.05) is 12.6 Å². The van der Waals surface area contributed by atoms with Crippen molar-refractivity contribution >= 4 is 11.7 Å². The van der Waals surface area contributed by atoms with E-state index in [-0.39, 0.29) is 11.6 Å². The highest BCUT2D eigenvalue weighted by Crippen LogP contribution is 2.27. The molecule has 0 saturated heterocycles. The van der Waals surface area contributed by atoms with E-state index in [9.17, 15) is 4.79 Å². The van der Waals surface area contributed by atoms with Crippen LogP contribution in [0.3, 0.4) is 0 Å². The van der Waals surface area contributed by atoms with Crippen molar-refractivity contribution in [2.24, 2.45) is 0 Å². The van der Waals surface area contributed by atoms with Crippen molar-refractivity contribution in [2.75, 3.05) is 19.5 Å². The quantitative estimate of drug-likeness (QED) is 0.766. The Bertz CT molecular complexity index is 704. The van der Waals surface area contributed by atoms with E-state index in [1.165, 1.54) is 6.20 Å². The van der Waals surface area contributed by atoms with Gasteiger partial charge in [-0.3, -0.25) is 4.79 Å². The van der Waals surface area contributed by atoms with Gasteiger partial charge in [-0.15, -0.1) is 0 Å². The van der Waals surface area contributed by atoms with Crippen molar-refractivity contribution in [1.29, 1.82) is 0 Å². The maximum atomic E-state index is 12.2. The lowest BCUT2D eigenvalue weighted by Gasteiger charge is -2.12. The Morgan fingerprint density at radius 2 is 1.92 bits per heavy atom. The van der Waals surface area contributed by atoms with Crippen molar-refractivity contribution in [3.63, 3.8) is 0 Å². The normalized spacial score (nSPS) is 11.5. The number of carbonyl (C=O) groups excluding carboxylic acids is 1. The minimum absolute atomic E-state index is 0.273. The lowest BCUT2D eigenvalue weighted by atomic mass is 10.2. The van der Waals surface area contributed by atoms with Crippen LogP contribution in [-0.4, -0.2) is 36.1 Å². The summed E-state index contributed by atoms with van der Waals surface area (Å²) in [6.45, 7) is 4.50. The molecule has 1 amide bonds. The Morgan fingerprint density at radius 3 is 2.52 bits per heavy atom. The molecule has 0 aliphatic heterocycles. The first-order valence-electron chi connectivity index (χ1n) is 8.15. The molecular formula is C18H24N4O3. The van der Waals surface area contributed by atoms with Crippen LogP contribution >= 0.6 is 0 Å². The number of aromatic nitrogens is 2. The van der Waals surface area contributed by atoms with Gasteiger partial charge in [0.1, 0.15) is 11.5 Å². The maximum absolute atomic E-state index is 12.2. The summed E-state index contributed by atoms with van der Waals surface area (Å²) in [7, 11) is 3.16. The molecule has 1 atom stereocenters. The fourth-order valence-electron chi connectivity index (χ4n) is 2.14. The second-order valence-corrected chi connectivity index (χ2v) is 5.61. The fourth-order valence-corrected chi connectivity index (χ4v) is 2.14. The standard InChI is InChI=1S/C18H24N4O3/c1-5-12(2)22-17-11-19-14(10-20-17)18(23)21-9-13-6-7-15(24-3)16(8-13)25-4/h6-8,10-12H,5,9H2,1-4H3,(H,20,22)(H,21,23). The summed E-state index contributed by atoms with van der Waals surface area (Å²) < 4.78 is 10.5. The first-order chi connectivity index (χ1) is 12.1. The first kappa shape index (κ1) is 18.5. The minimum atomic E-state index is -0.280. The van der Waals surface area contributed by atoms with Crippen LogP contribution in [0.15, 0.2) is 30.6 Å². The number of nitrogens with one attached hydrogen (secondary N) is 2. The van der Waals surface area contributed by atoms with Crippen molar-refractivity contribution in [3.05, 3.63) is 41.9 Å². The molecule has 1 aromatic heterocycles. The summed E-state index contributed by atoms with van der Waals surface area (Å²) in [6, 6.07) is 5.80. The summed E-state index contributed by atoms with van der Waals surface area (Å²) in [5.74, 6) is 1.64. The summed E-state index contributed by atoms with van der Waals surface area (Å²) in [5, 5.41) is 6.03. The average molecular weight is 344 g/mol. The monoisotopic (exact) mass is 344 g/mol. The second kappa shape index (κ2) is 8.86. The number of hydrogen-bond donors (Lipinski definition) is 2. The van der Waals surface area contributed by atoms with Crippen molar-refractivity contribution in [2.45, 2.75) is 32.9 Å². The molecule has 0 spiro atoms. The van der Waals surface area contributed by atoms with E-state index < -0.39 is 0 Å². The third kappa shape index (κ3) is 5.07. The lowest BCUT2D eigenvalue weighted by molar-refractivity contribution is 0.0945. The zero-order chi connectivity index (χ0) is 18.2.